The maximum atomic E-state index is 12.7. The standard InChI is InChI=1S/C28H24N2O2/c1-19-18-26-23(14-17-32-28(31)25-12-6-7-15-29(19)25)22-10-4-5-11-24(22)27-21-9-3-2-8-20(21)13-16-30(26)27/h2-13,15-16,23,26H,1,14,17-18H2/q+2. The van der Waals surface area contributed by atoms with Crippen molar-refractivity contribution in [2.45, 2.75) is 24.8 Å². The lowest BCUT2D eigenvalue weighted by Crippen LogP contribution is -2.50. The van der Waals surface area contributed by atoms with Crippen molar-refractivity contribution in [1.82, 2.24) is 0 Å². The van der Waals surface area contributed by atoms with Gasteiger partial charge in [0.25, 0.3) is 5.69 Å². The number of ether oxygens (including phenoxy) is 1. The molecule has 156 valence electrons. The molecule has 2 atom stereocenters. The Morgan fingerprint density at radius 3 is 2.66 bits per heavy atom. The van der Waals surface area contributed by atoms with Gasteiger partial charge in [-0.15, -0.1) is 0 Å². The van der Waals surface area contributed by atoms with Gasteiger partial charge in [0.05, 0.1) is 29.9 Å². The van der Waals surface area contributed by atoms with Crippen LogP contribution in [-0.2, 0) is 4.74 Å². The molecule has 0 spiro atoms. The van der Waals surface area contributed by atoms with Gasteiger partial charge in [0.2, 0.25) is 5.69 Å². The van der Waals surface area contributed by atoms with Gasteiger partial charge in [-0.2, -0.15) is 9.13 Å². The van der Waals surface area contributed by atoms with Gasteiger partial charge in [-0.1, -0.05) is 36.4 Å². The van der Waals surface area contributed by atoms with Crippen molar-refractivity contribution in [2.75, 3.05) is 6.61 Å². The maximum absolute atomic E-state index is 12.7. The van der Waals surface area contributed by atoms with Crippen LogP contribution in [0.2, 0.25) is 0 Å². The lowest BCUT2D eigenvalue weighted by atomic mass is 9.78. The number of carbonyl (C=O) groups is 1. The number of hydrogen-bond donors (Lipinski definition) is 0. The average molecular weight is 421 g/mol. The first-order valence-electron chi connectivity index (χ1n) is 11.1. The second-order valence-corrected chi connectivity index (χ2v) is 8.57. The molecule has 2 aromatic heterocycles. The third kappa shape index (κ3) is 2.87. The predicted octanol–water partition coefficient (Wildman–Crippen LogP) is 4.84. The molecule has 4 nitrogen and oxygen atoms in total. The quantitative estimate of drug-likeness (QED) is 0.301. The van der Waals surface area contributed by atoms with Gasteiger partial charge in [0.1, 0.15) is 0 Å². The predicted molar refractivity (Wildman–Crippen MR) is 123 cm³/mol. The fourth-order valence-electron chi connectivity index (χ4n) is 5.40. The Labute approximate surface area is 187 Å². The van der Waals surface area contributed by atoms with Crippen molar-refractivity contribution < 1.29 is 18.7 Å². The van der Waals surface area contributed by atoms with E-state index in [1.54, 1.807) is 6.07 Å². The van der Waals surface area contributed by atoms with E-state index >= 15 is 0 Å². The van der Waals surface area contributed by atoms with Crippen LogP contribution in [0, 0.1) is 0 Å². The molecule has 6 rings (SSSR count). The topological polar surface area (TPSA) is 34.1 Å². The van der Waals surface area contributed by atoms with E-state index in [-0.39, 0.29) is 17.9 Å². The number of fused-ring (bicyclic) bond motifs is 9. The molecular weight excluding hydrogens is 396 g/mol. The molecule has 4 aromatic rings. The molecule has 0 amide bonds. The zero-order chi connectivity index (χ0) is 21.7. The molecule has 2 aliphatic rings. The van der Waals surface area contributed by atoms with E-state index in [1.165, 1.54) is 27.6 Å². The zero-order valence-corrected chi connectivity index (χ0v) is 17.8. The van der Waals surface area contributed by atoms with Crippen molar-refractivity contribution >= 4 is 22.4 Å². The van der Waals surface area contributed by atoms with Gasteiger partial charge in [0.15, 0.2) is 24.1 Å². The first kappa shape index (κ1) is 18.9. The van der Waals surface area contributed by atoms with E-state index in [0.717, 1.165) is 18.5 Å². The molecule has 0 saturated heterocycles. The van der Waals surface area contributed by atoms with E-state index in [2.05, 4.69) is 71.9 Å². The van der Waals surface area contributed by atoms with E-state index in [9.17, 15) is 4.79 Å². The molecule has 32 heavy (non-hydrogen) atoms. The smallest absolute Gasteiger partial charge is 0.404 e. The number of cyclic esters (lactones) is 1. The summed E-state index contributed by atoms with van der Waals surface area (Å²) >= 11 is 0. The minimum Gasteiger partial charge on any atom is -0.458 e. The third-order valence-electron chi connectivity index (χ3n) is 6.84. The number of esters is 1. The fourth-order valence-corrected chi connectivity index (χ4v) is 5.40. The highest BCUT2D eigenvalue weighted by Gasteiger charge is 2.43. The second-order valence-electron chi connectivity index (χ2n) is 8.57. The van der Waals surface area contributed by atoms with Crippen molar-refractivity contribution in [1.29, 1.82) is 0 Å². The summed E-state index contributed by atoms with van der Waals surface area (Å²) in [5.41, 5.74) is 5.24. The summed E-state index contributed by atoms with van der Waals surface area (Å²) in [5, 5.41) is 2.49. The van der Waals surface area contributed by atoms with Crippen LogP contribution >= 0.6 is 0 Å². The molecule has 2 aliphatic heterocycles. The molecular formula is C28H24N2O2+2. The van der Waals surface area contributed by atoms with E-state index in [4.69, 9.17) is 4.74 Å². The van der Waals surface area contributed by atoms with E-state index in [1.807, 2.05) is 22.9 Å². The van der Waals surface area contributed by atoms with Crippen molar-refractivity contribution in [3.05, 3.63) is 103 Å². The van der Waals surface area contributed by atoms with Crippen LogP contribution < -0.4 is 9.13 Å². The number of aromatic nitrogens is 2. The molecule has 0 aliphatic carbocycles. The van der Waals surface area contributed by atoms with Gasteiger partial charge in [-0.3, -0.25) is 0 Å². The summed E-state index contributed by atoms with van der Waals surface area (Å²) in [7, 11) is 0. The highest BCUT2D eigenvalue weighted by Crippen LogP contribution is 2.44. The second kappa shape index (κ2) is 7.41. The van der Waals surface area contributed by atoms with Crippen molar-refractivity contribution in [3.8, 4) is 11.3 Å². The third-order valence-corrected chi connectivity index (χ3v) is 6.84. The Bertz CT molecular complexity index is 1390. The van der Waals surface area contributed by atoms with Gasteiger partial charge in [-0.05, 0) is 42.1 Å². The normalized spacial score (nSPS) is 19.9. The van der Waals surface area contributed by atoms with Gasteiger partial charge < -0.3 is 4.74 Å². The minimum absolute atomic E-state index is 0.175. The molecule has 0 N–H and O–H groups in total. The molecule has 4 heteroatoms. The Morgan fingerprint density at radius 1 is 0.906 bits per heavy atom. The summed E-state index contributed by atoms with van der Waals surface area (Å²) < 4.78 is 10.0. The summed E-state index contributed by atoms with van der Waals surface area (Å²) in [5.74, 6) is -0.0754. The number of allylic oxidation sites excluding steroid dienone is 1. The number of hydrogen-bond acceptors (Lipinski definition) is 2. The molecule has 0 fully saturated rings. The Kier molecular flexibility index (Phi) is 4.39. The van der Waals surface area contributed by atoms with Gasteiger partial charge >= 0.3 is 5.97 Å². The van der Waals surface area contributed by atoms with Crippen LogP contribution in [0.25, 0.3) is 27.7 Å². The summed E-state index contributed by atoms with van der Waals surface area (Å²) in [4.78, 5) is 12.7. The van der Waals surface area contributed by atoms with Crippen LogP contribution in [-0.4, -0.2) is 12.6 Å². The Balaban J connectivity index is 1.58. The highest BCUT2D eigenvalue weighted by atomic mass is 16.5. The largest absolute Gasteiger partial charge is 0.458 e. The first-order chi connectivity index (χ1) is 15.7. The monoisotopic (exact) mass is 420 g/mol. The molecule has 4 heterocycles. The van der Waals surface area contributed by atoms with Crippen LogP contribution in [0.3, 0.4) is 0 Å². The number of benzene rings is 2. The highest BCUT2D eigenvalue weighted by molar-refractivity contribution is 5.94. The molecule has 2 aromatic carbocycles. The zero-order valence-electron chi connectivity index (χ0n) is 17.8. The summed E-state index contributed by atoms with van der Waals surface area (Å²) in [6.45, 7) is 4.78. The molecule has 2 unspecified atom stereocenters. The summed E-state index contributed by atoms with van der Waals surface area (Å²) in [6.07, 6.45) is 5.63. The molecule has 0 radical (unpaired) electrons. The first-order valence-corrected chi connectivity index (χ1v) is 11.1. The van der Waals surface area contributed by atoms with Crippen LogP contribution in [0.15, 0.2) is 91.8 Å². The lowest BCUT2D eigenvalue weighted by molar-refractivity contribution is -0.719. The van der Waals surface area contributed by atoms with E-state index in [0.29, 0.717) is 12.3 Å². The Hall–Kier alpha value is -3.79. The molecule has 0 bridgehead atoms. The molecule has 0 saturated carbocycles. The van der Waals surface area contributed by atoms with Crippen molar-refractivity contribution in [2.24, 2.45) is 0 Å². The minimum atomic E-state index is -0.298. The number of rotatable bonds is 0. The SMILES string of the molecule is C=C1CC2C(CCOC(=O)c3cccc[n+]31)c1ccccc1-c1c3ccccc3cc[n+]12. The number of carbonyl (C=O) groups excluding carboxylic acids is 1. The van der Waals surface area contributed by atoms with E-state index < -0.39 is 0 Å². The van der Waals surface area contributed by atoms with Crippen LogP contribution in [0.4, 0.5) is 0 Å². The van der Waals surface area contributed by atoms with Gasteiger partial charge in [0, 0.05) is 18.2 Å². The van der Waals surface area contributed by atoms with Gasteiger partial charge in [-0.25, -0.2) is 4.79 Å². The summed E-state index contributed by atoms with van der Waals surface area (Å²) in [6, 6.07) is 25.2. The fraction of sp³-hybridized carbons (Fsp3) is 0.179. The number of nitrogens with zero attached hydrogens (tertiary/aromatic N) is 2. The lowest BCUT2D eigenvalue weighted by Gasteiger charge is -2.31. The van der Waals surface area contributed by atoms with Crippen LogP contribution in [0.1, 0.15) is 40.9 Å². The average Bonchev–Trinajstić information content (AvgIpc) is 2.84. The number of pyridine rings is 2. The van der Waals surface area contributed by atoms with Crippen molar-refractivity contribution in [3.63, 3.8) is 0 Å². The Morgan fingerprint density at radius 2 is 1.72 bits per heavy atom. The van der Waals surface area contributed by atoms with Crippen LogP contribution in [0.5, 0.6) is 0 Å². The maximum Gasteiger partial charge on any atom is 0.404 e.